The molecule has 0 amide bonds. The minimum atomic E-state index is -0.146. The van der Waals surface area contributed by atoms with E-state index < -0.39 is 0 Å². The molecular weight excluding hydrogens is 209 g/mol. The largest absolute Gasteiger partial charge is 0.317 e. The van der Waals surface area contributed by atoms with Crippen LogP contribution in [0.25, 0.3) is 0 Å². The Morgan fingerprint density at radius 1 is 1.33 bits per heavy atom. The first kappa shape index (κ1) is 12.5. The molecule has 0 unspecified atom stereocenters. The van der Waals surface area contributed by atoms with Gasteiger partial charge in [0.05, 0.1) is 0 Å². The van der Waals surface area contributed by atoms with Crippen LogP contribution in [0.2, 0.25) is 0 Å². The molecule has 1 rings (SSSR count). The Kier molecular flexibility index (Phi) is 6.44. The molecule has 0 aliphatic carbocycles. The third kappa shape index (κ3) is 5.80. The number of hydrogen-bond donors (Lipinski definition) is 1. The summed E-state index contributed by atoms with van der Waals surface area (Å²) in [6, 6.07) is 6.79. The van der Waals surface area contributed by atoms with Gasteiger partial charge in [0.25, 0.3) is 0 Å². The van der Waals surface area contributed by atoms with E-state index in [4.69, 9.17) is 0 Å². The van der Waals surface area contributed by atoms with Crippen molar-refractivity contribution in [2.45, 2.75) is 24.7 Å². The molecule has 0 saturated heterocycles. The van der Waals surface area contributed by atoms with E-state index >= 15 is 0 Å². The van der Waals surface area contributed by atoms with Gasteiger partial charge in [-0.05, 0) is 49.9 Å². The standard InChI is InChI=1S/C12H18FNS/c1-2-14-8-3-4-9-15-12-7-5-6-11(13)10-12/h5-7,10,14H,2-4,8-9H2,1H3. The molecule has 0 aliphatic heterocycles. The molecule has 0 fully saturated rings. The minimum absolute atomic E-state index is 0.146. The van der Waals surface area contributed by atoms with Gasteiger partial charge in [0.1, 0.15) is 5.82 Å². The van der Waals surface area contributed by atoms with E-state index in [2.05, 4.69) is 12.2 Å². The quantitative estimate of drug-likeness (QED) is 0.566. The van der Waals surface area contributed by atoms with Crippen LogP contribution in [-0.2, 0) is 0 Å². The second-order valence-corrected chi connectivity index (χ2v) is 4.53. The van der Waals surface area contributed by atoms with Crippen LogP contribution in [0.3, 0.4) is 0 Å². The van der Waals surface area contributed by atoms with Crippen molar-refractivity contribution in [3.05, 3.63) is 30.1 Å². The molecule has 0 aliphatic rings. The molecule has 3 heteroatoms. The van der Waals surface area contributed by atoms with Crippen molar-refractivity contribution < 1.29 is 4.39 Å². The molecular formula is C12H18FNS. The highest BCUT2D eigenvalue weighted by Crippen LogP contribution is 2.19. The Hall–Kier alpha value is -0.540. The molecule has 84 valence electrons. The highest BCUT2D eigenvalue weighted by Gasteiger charge is 1.95. The first-order chi connectivity index (χ1) is 7.33. The maximum Gasteiger partial charge on any atom is 0.124 e. The van der Waals surface area contributed by atoms with Gasteiger partial charge in [-0.15, -0.1) is 11.8 Å². The monoisotopic (exact) mass is 227 g/mol. The van der Waals surface area contributed by atoms with Crippen molar-refractivity contribution in [2.24, 2.45) is 0 Å². The summed E-state index contributed by atoms with van der Waals surface area (Å²) in [4.78, 5) is 1.03. The predicted molar refractivity (Wildman–Crippen MR) is 64.9 cm³/mol. The number of hydrogen-bond acceptors (Lipinski definition) is 2. The number of rotatable bonds is 7. The van der Waals surface area contributed by atoms with Crippen LogP contribution in [0.1, 0.15) is 19.8 Å². The van der Waals surface area contributed by atoms with E-state index in [0.717, 1.165) is 23.7 Å². The third-order valence-corrected chi connectivity index (χ3v) is 3.14. The fraction of sp³-hybridized carbons (Fsp3) is 0.500. The van der Waals surface area contributed by atoms with Crippen LogP contribution < -0.4 is 5.32 Å². The lowest BCUT2D eigenvalue weighted by atomic mass is 10.3. The van der Waals surface area contributed by atoms with Gasteiger partial charge in [-0.3, -0.25) is 0 Å². The maximum absolute atomic E-state index is 12.8. The van der Waals surface area contributed by atoms with Crippen molar-refractivity contribution in [1.29, 1.82) is 0 Å². The zero-order valence-electron chi connectivity index (χ0n) is 9.13. The fourth-order valence-corrected chi connectivity index (χ4v) is 2.23. The summed E-state index contributed by atoms with van der Waals surface area (Å²) < 4.78 is 12.8. The summed E-state index contributed by atoms with van der Waals surface area (Å²) in [6.07, 6.45) is 2.37. The highest BCUT2D eigenvalue weighted by atomic mass is 32.2. The maximum atomic E-state index is 12.8. The fourth-order valence-electron chi connectivity index (χ4n) is 1.28. The number of benzene rings is 1. The van der Waals surface area contributed by atoms with Crippen molar-refractivity contribution >= 4 is 11.8 Å². The molecule has 1 N–H and O–H groups in total. The van der Waals surface area contributed by atoms with Crippen LogP contribution in [0.15, 0.2) is 29.2 Å². The van der Waals surface area contributed by atoms with Gasteiger partial charge in [0, 0.05) is 4.90 Å². The molecule has 1 nitrogen and oxygen atoms in total. The third-order valence-electron chi connectivity index (χ3n) is 2.06. The molecule has 0 heterocycles. The average molecular weight is 227 g/mol. The van der Waals surface area contributed by atoms with E-state index in [-0.39, 0.29) is 5.82 Å². The Bertz CT molecular complexity index is 278. The summed E-state index contributed by atoms with van der Waals surface area (Å²) in [5.41, 5.74) is 0. The molecule has 0 spiro atoms. The summed E-state index contributed by atoms with van der Waals surface area (Å²) in [6.45, 7) is 4.23. The number of halogens is 1. The lowest BCUT2D eigenvalue weighted by Crippen LogP contribution is -2.13. The van der Waals surface area contributed by atoms with Crippen LogP contribution >= 0.6 is 11.8 Å². The normalized spacial score (nSPS) is 10.5. The summed E-state index contributed by atoms with van der Waals surface area (Å²) in [5, 5.41) is 3.29. The lowest BCUT2D eigenvalue weighted by Gasteiger charge is -2.02. The van der Waals surface area contributed by atoms with E-state index in [0.29, 0.717) is 0 Å². The van der Waals surface area contributed by atoms with Crippen molar-refractivity contribution in [1.82, 2.24) is 5.32 Å². The Morgan fingerprint density at radius 3 is 2.93 bits per heavy atom. The molecule has 0 bridgehead atoms. The predicted octanol–water partition coefficient (Wildman–Crippen LogP) is 3.31. The second kappa shape index (κ2) is 7.71. The molecule has 0 saturated carbocycles. The first-order valence-corrected chi connectivity index (χ1v) is 6.40. The van der Waals surface area contributed by atoms with E-state index in [1.165, 1.54) is 18.9 Å². The van der Waals surface area contributed by atoms with Crippen molar-refractivity contribution in [3.63, 3.8) is 0 Å². The summed E-state index contributed by atoms with van der Waals surface area (Å²) >= 11 is 1.72. The van der Waals surface area contributed by atoms with Crippen LogP contribution in [0, 0.1) is 5.82 Å². The smallest absolute Gasteiger partial charge is 0.124 e. The van der Waals surface area contributed by atoms with Crippen LogP contribution in [0.5, 0.6) is 0 Å². The zero-order valence-corrected chi connectivity index (χ0v) is 9.95. The highest BCUT2D eigenvalue weighted by molar-refractivity contribution is 7.99. The van der Waals surface area contributed by atoms with Gasteiger partial charge in [-0.1, -0.05) is 13.0 Å². The van der Waals surface area contributed by atoms with E-state index in [9.17, 15) is 4.39 Å². The van der Waals surface area contributed by atoms with Gasteiger partial charge in [0.15, 0.2) is 0 Å². The molecule has 0 atom stereocenters. The van der Waals surface area contributed by atoms with Crippen LogP contribution in [0.4, 0.5) is 4.39 Å². The molecule has 1 aromatic carbocycles. The number of thioether (sulfide) groups is 1. The SMILES string of the molecule is CCNCCCCSc1cccc(F)c1. The zero-order chi connectivity index (χ0) is 10.9. The molecule has 0 aromatic heterocycles. The topological polar surface area (TPSA) is 12.0 Å². The first-order valence-electron chi connectivity index (χ1n) is 5.42. The van der Waals surface area contributed by atoms with Gasteiger partial charge in [-0.25, -0.2) is 4.39 Å². The minimum Gasteiger partial charge on any atom is -0.317 e. The van der Waals surface area contributed by atoms with E-state index in [1.807, 2.05) is 6.07 Å². The van der Waals surface area contributed by atoms with E-state index in [1.54, 1.807) is 23.9 Å². The Labute approximate surface area is 95.5 Å². The van der Waals surface area contributed by atoms with Crippen LogP contribution in [-0.4, -0.2) is 18.8 Å². The van der Waals surface area contributed by atoms with Crippen molar-refractivity contribution in [2.75, 3.05) is 18.8 Å². The van der Waals surface area contributed by atoms with Gasteiger partial charge in [-0.2, -0.15) is 0 Å². The number of nitrogens with one attached hydrogen (secondary N) is 1. The van der Waals surface area contributed by atoms with Gasteiger partial charge < -0.3 is 5.32 Å². The Balaban J connectivity index is 2.10. The van der Waals surface area contributed by atoms with Gasteiger partial charge in [0.2, 0.25) is 0 Å². The van der Waals surface area contributed by atoms with Gasteiger partial charge >= 0.3 is 0 Å². The average Bonchev–Trinajstić information content (AvgIpc) is 2.23. The molecule has 1 aromatic rings. The lowest BCUT2D eigenvalue weighted by molar-refractivity contribution is 0.624. The second-order valence-electron chi connectivity index (χ2n) is 3.37. The summed E-state index contributed by atoms with van der Waals surface area (Å²) in [7, 11) is 0. The summed E-state index contributed by atoms with van der Waals surface area (Å²) in [5.74, 6) is 0.919. The molecule has 0 radical (unpaired) electrons. The van der Waals surface area contributed by atoms with Crippen molar-refractivity contribution in [3.8, 4) is 0 Å². The number of unbranched alkanes of at least 4 members (excludes halogenated alkanes) is 1. The molecule has 15 heavy (non-hydrogen) atoms. The Morgan fingerprint density at radius 2 is 2.20 bits per heavy atom.